The van der Waals surface area contributed by atoms with Crippen molar-refractivity contribution >= 4 is 186 Å². The molecule has 0 rings (SSSR count). The minimum atomic E-state index is -0.408. The fraction of sp³-hybridized carbons (Fsp3) is 0. The first kappa shape index (κ1) is 34.6. The molecule has 0 N–H and O–H groups in total. The van der Waals surface area contributed by atoms with Crippen molar-refractivity contribution < 1.29 is 0 Å². The quantitative estimate of drug-likeness (QED) is 0.227. The number of halogens is 16. The third-order valence-corrected chi connectivity index (χ3v) is 9.69. The second-order valence-corrected chi connectivity index (χ2v) is 11.1. The van der Waals surface area contributed by atoms with Crippen LogP contribution in [0.25, 0.3) is 0 Å². The summed E-state index contributed by atoms with van der Waals surface area (Å²) in [4.78, 5) is 0. The number of hydrogen-bond donors (Lipinski definition) is 0. The van der Waals surface area contributed by atoms with Gasteiger partial charge in [0, 0.05) is 0 Å². The first-order valence-electron chi connectivity index (χ1n) is 6.88. The van der Waals surface area contributed by atoms with E-state index in [0.29, 0.717) is 0 Å². The second kappa shape index (κ2) is 15.7. The van der Waals surface area contributed by atoms with E-state index in [1.54, 1.807) is 0 Å². The summed E-state index contributed by atoms with van der Waals surface area (Å²) in [6.45, 7) is 3.40. The van der Waals surface area contributed by atoms with E-state index in [2.05, 4.69) is 6.58 Å². The average Bonchev–Trinajstić information content (AvgIpc) is 2.76. The molecule has 0 amide bonds. The van der Waals surface area contributed by atoms with E-state index in [1.165, 1.54) is 0 Å². The minimum Gasteiger partial charge on any atom is -0.0833 e. The maximum Gasteiger partial charge on any atom is 0.126 e. The van der Waals surface area contributed by atoms with E-state index >= 15 is 0 Å². The Morgan fingerprint density at radius 3 is 0.562 bits per heavy atom. The Labute approximate surface area is 264 Å². The highest BCUT2D eigenvalue weighted by Crippen LogP contribution is 2.44. The highest BCUT2D eigenvalue weighted by Gasteiger charge is 2.22. The fourth-order valence-corrected chi connectivity index (χ4v) is 4.51. The summed E-state index contributed by atoms with van der Waals surface area (Å²) < 4.78 is -0.378. The van der Waals surface area contributed by atoms with E-state index in [1.807, 2.05) is 0 Å². The predicted molar refractivity (Wildman–Crippen MR) is 152 cm³/mol. The predicted octanol–water partition coefficient (Wildman–Crippen LogP) is 13.8. The molecule has 32 heavy (non-hydrogen) atoms. The molecule has 0 heterocycles. The van der Waals surface area contributed by atoms with Crippen LogP contribution in [0.2, 0.25) is 0 Å². The lowest BCUT2D eigenvalue weighted by Gasteiger charge is -2.09. The highest BCUT2D eigenvalue weighted by atomic mass is 35.5. The molecule has 0 radical (unpaired) electrons. The Morgan fingerprint density at radius 1 is 0.250 bits per heavy atom. The van der Waals surface area contributed by atoms with Crippen LogP contribution in [-0.2, 0) is 0 Å². The molecular formula is C16H2Cl16. The van der Waals surface area contributed by atoms with Gasteiger partial charge in [-0.1, -0.05) is 192 Å². The van der Waals surface area contributed by atoms with E-state index in [9.17, 15) is 0 Å². The van der Waals surface area contributed by atoms with Crippen LogP contribution in [0.1, 0.15) is 0 Å². The molecular weight excluding hydrogens is 759 g/mol. The van der Waals surface area contributed by atoms with Gasteiger partial charge in [-0.15, -0.1) is 0 Å². The van der Waals surface area contributed by atoms with Crippen molar-refractivity contribution in [2.24, 2.45) is 0 Å². The Kier molecular flexibility index (Phi) is 17.0. The number of allylic oxidation sites excluding steroid dienone is 14. The van der Waals surface area contributed by atoms with E-state index in [4.69, 9.17) is 186 Å². The van der Waals surface area contributed by atoms with Crippen LogP contribution in [0.5, 0.6) is 0 Å². The zero-order valence-electron chi connectivity index (χ0n) is 14.3. The summed E-state index contributed by atoms with van der Waals surface area (Å²) in [5.74, 6) is 0. The van der Waals surface area contributed by atoms with E-state index in [0.717, 1.165) is 0 Å². The first-order chi connectivity index (χ1) is 14.5. The van der Waals surface area contributed by atoms with Crippen LogP contribution in [0, 0.1) is 0 Å². The average molecular weight is 761 g/mol. The van der Waals surface area contributed by atoms with Gasteiger partial charge in [-0.25, -0.2) is 0 Å². The van der Waals surface area contributed by atoms with Gasteiger partial charge in [-0.3, -0.25) is 0 Å². The molecule has 0 nitrogen and oxygen atoms in total. The second-order valence-electron chi connectivity index (χ2n) is 4.75. The Bertz CT molecular complexity index is 1030. The highest BCUT2D eigenvalue weighted by molar-refractivity contribution is 6.63. The summed E-state index contributed by atoms with van der Waals surface area (Å²) in [6.07, 6.45) is 0. The van der Waals surface area contributed by atoms with Crippen LogP contribution in [0.4, 0.5) is 0 Å². The number of hydrogen-bond acceptors (Lipinski definition) is 0. The summed E-state index contributed by atoms with van der Waals surface area (Å²) >= 11 is 95.3. The summed E-state index contributed by atoms with van der Waals surface area (Å²) in [6, 6.07) is 0. The molecule has 0 aromatic carbocycles. The molecule has 0 aliphatic carbocycles. The van der Waals surface area contributed by atoms with E-state index < -0.39 is 20.1 Å². The van der Waals surface area contributed by atoms with Gasteiger partial charge in [-0.2, -0.15) is 0 Å². The number of rotatable bonds is 7. The lowest BCUT2D eigenvalue weighted by Crippen LogP contribution is -1.91. The summed E-state index contributed by atoms with van der Waals surface area (Å²) in [5, 5.41) is -4.59. The SMILES string of the molecule is C=C(Cl)C(Cl)=C(Cl)C(Cl)=C(Cl)C(Cl)=C(Cl)C(Cl)=C(Cl)C(Cl)=C(Cl)C(Cl)=C(Cl)C(Cl)=C(Cl)Cl. The van der Waals surface area contributed by atoms with Gasteiger partial charge in [0.1, 0.15) is 4.49 Å². The Hall–Kier alpha value is 2.56. The normalized spacial score (nSPS) is 16.8. The van der Waals surface area contributed by atoms with Crippen LogP contribution in [0.15, 0.2) is 81.5 Å². The molecule has 0 aromatic heterocycles. The van der Waals surface area contributed by atoms with Crippen molar-refractivity contribution in [2.75, 3.05) is 0 Å². The topological polar surface area (TPSA) is 0 Å². The summed E-state index contributed by atoms with van der Waals surface area (Å²) in [7, 11) is 0. The van der Waals surface area contributed by atoms with Crippen LogP contribution < -0.4 is 0 Å². The maximum atomic E-state index is 6.15. The van der Waals surface area contributed by atoms with Crippen molar-refractivity contribution in [3.8, 4) is 0 Å². The molecule has 0 aromatic rings. The fourth-order valence-electron chi connectivity index (χ4n) is 1.26. The van der Waals surface area contributed by atoms with Crippen LogP contribution >= 0.6 is 186 Å². The monoisotopic (exact) mass is 754 g/mol. The molecule has 0 spiro atoms. The lowest BCUT2D eigenvalue weighted by molar-refractivity contribution is 1.60. The first-order valence-corrected chi connectivity index (χ1v) is 12.9. The van der Waals surface area contributed by atoms with Gasteiger partial charge in [0.05, 0.1) is 70.5 Å². The minimum absolute atomic E-state index is 0.105. The van der Waals surface area contributed by atoms with Crippen molar-refractivity contribution in [1.82, 2.24) is 0 Å². The van der Waals surface area contributed by atoms with E-state index in [-0.39, 0.29) is 54.8 Å². The third kappa shape index (κ3) is 9.46. The smallest absolute Gasteiger partial charge is 0.0833 e. The molecule has 0 bridgehead atoms. The molecule has 16 heteroatoms. The van der Waals surface area contributed by atoms with Crippen molar-refractivity contribution in [3.63, 3.8) is 0 Å². The van der Waals surface area contributed by atoms with Crippen LogP contribution in [0.3, 0.4) is 0 Å². The molecule has 0 saturated carbocycles. The molecule has 178 valence electrons. The molecule has 0 atom stereocenters. The standard InChI is InChI=1S/C16H2Cl16/c1-2(17)3(18)4(19)5(20)6(21)7(22)8(23)9(24)10(25)11(26)12(27)13(28)14(29)15(30)16(31)32/h1H2. The molecule has 0 aliphatic heterocycles. The van der Waals surface area contributed by atoms with Gasteiger partial charge >= 0.3 is 0 Å². The third-order valence-electron chi connectivity index (χ3n) is 2.72. The Morgan fingerprint density at radius 2 is 0.406 bits per heavy atom. The largest absolute Gasteiger partial charge is 0.126 e. The summed E-state index contributed by atoms with van der Waals surface area (Å²) in [5.41, 5.74) is 0. The van der Waals surface area contributed by atoms with Gasteiger partial charge in [0.25, 0.3) is 0 Å². The van der Waals surface area contributed by atoms with Gasteiger partial charge < -0.3 is 0 Å². The van der Waals surface area contributed by atoms with Gasteiger partial charge in [-0.05, 0) is 0 Å². The van der Waals surface area contributed by atoms with Gasteiger partial charge in [0.2, 0.25) is 0 Å². The van der Waals surface area contributed by atoms with Crippen molar-refractivity contribution in [3.05, 3.63) is 81.5 Å². The maximum absolute atomic E-state index is 6.15. The molecule has 0 aliphatic rings. The van der Waals surface area contributed by atoms with Gasteiger partial charge in [0.15, 0.2) is 0 Å². The van der Waals surface area contributed by atoms with Crippen molar-refractivity contribution in [1.29, 1.82) is 0 Å². The van der Waals surface area contributed by atoms with Crippen LogP contribution in [-0.4, -0.2) is 0 Å². The zero-order valence-corrected chi connectivity index (χ0v) is 26.3. The Balaban J connectivity index is 6.71. The molecule has 0 unspecified atom stereocenters. The lowest BCUT2D eigenvalue weighted by atomic mass is 10.3. The zero-order chi connectivity index (χ0) is 25.7. The van der Waals surface area contributed by atoms with Crippen molar-refractivity contribution in [2.45, 2.75) is 0 Å². The molecule has 0 fully saturated rings. The molecule has 0 saturated heterocycles.